The van der Waals surface area contributed by atoms with E-state index in [2.05, 4.69) is 10.5 Å². The Balaban J connectivity index is 2.12. The average Bonchev–Trinajstić information content (AvgIpc) is 2.43. The van der Waals surface area contributed by atoms with Gasteiger partial charge in [0, 0.05) is 0 Å². The number of aryl methyl sites for hydroxylation is 1. The lowest BCUT2D eigenvalue weighted by atomic mass is 10.2. The lowest BCUT2D eigenvalue weighted by Gasteiger charge is -2.04. The Hall–Kier alpha value is -2.33. The van der Waals surface area contributed by atoms with Crippen LogP contribution in [-0.2, 0) is 0 Å². The van der Waals surface area contributed by atoms with E-state index in [4.69, 9.17) is 16.7 Å². The quantitative estimate of drug-likeness (QED) is 0.664. The van der Waals surface area contributed by atoms with Crippen LogP contribution >= 0.6 is 11.6 Å². The van der Waals surface area contributed by atoms with Gasteiger partial charge >= 0.3 is 5.97 Å². The molecule has 20 heavy (non-hydrogen) atoms. The normalized spacial score (nSPS) is 10.7. The first-order valence-electron chi connectivity index (χ1n) is 5.95. The van der Waals surface area contributed by atoms with Crippen LogP contribution in [0.15, 0.2) is 47.6 Å². The van der Waals surface area contributed by atoms with Crippen LogP contribution in [0.5, 0.6) is 0 Å². The van der Waals surface area contributed by atoms with E-state index in [0.717, 1.165) is 5.56 Å². The van der Waals surface area contributed by atoms with E-state index in [1.54, 1.807) is 6.21 Å². The number of anilines is 1. The molecule has 0 aromatic heterocycles. The minimum atomic E-state index is -1.01. The molecule has 2 rings (SSSR count). The monoisotopic (exact) mass is 288 g/mol. The summed E-state index contributed by atoms with van der Waals surface area (Å²) >= 11 is 5.97. The van der Waals surface area contributed by atoms with Crippen LogP contribution in [0, 0.1) is 6.92 Å². The number of carbonyl (C=O) groups is 1. The van der Waals surface area contributed by atoms with Gasteiger partial charge in [-0.3, -0.25) is 5.43 Å². The molecule has 0 aliphatic carbocycles. The SMILES string of the molecule is Cc1ccc(/C=N\Nc2cc(C(=O)O)ccc2Cl)cc1. The molecule has 2 aromatic carbocycles. The third kappa shape index (κ3) is 3.59. The summed E-state index contributed by atoms with van der Waals surface area (Å²) in [5.74, 6) is -1.01. The molecule has 2 aromatic rings. The smallest absolute Gasteiger partial charge is 0.335 e. The van der Waals surface area contributed by atoms with Crippen LogP contribution in [0.3, 0.4) is 0 Å². The van der Waals surface area contributed by atoms with Gasteiger partial charge in [-0.2, -0.15) is 5.10 Å². The molecule has 0 radical (unpaired) electrons. The molecule has 0 bridgehead atoms. The highest BCUT2D eigenvalue weighted by Gasteiger charge is 2.06. The number of aromatic carboxylic acids is 1. The summed E-state index contributed by atoms with van der Waals surface area (Å²) in [4.78, 5) is 10.9. The fourth-order valence-corrected chi connectivity index (χ4v) is 1.73. The first kappa shape index (κ1) is 14.1. The fourth-order valence-electron chi connectivity index (χ4n) is 1.57. The van der Waals surface area contributed by atoms with Crippen molar-refractivity contribution in [2.45, 2.75) is 6.92 Å². The molecule has 0 saturated carbocycles. The third-order valence-electron chi connectivity index (χ3n) is 2.69. The van der Waals surface area contributed by atoms with Gasteiger partial charge in [0.15, 0.2) is 0 Å². The number of nitrogens with zero attached hydrogens (tertiary/aromatic N) is 1. The maximum atomic E-state index is 10.9. The molecular formula is C15H13ClN2O2. The van der Waals surface area contributed by atoms with Gasteiger partial charge in [0.1, 0.15) is 0 Å². The van der Waals surface area contributed by atoms with Gasteiger partial charge in [0.2, 0.25) is 0 Å². The zero-order valence-electron chi connectivity index (χ0n) is 10.8. The van der Waals surface area contributed by atoms with Gasteiger partial charge in [0.05, 0.1) is 22.5 Å². The van der Waals surface area contributed by atoms with Crippen molar-refractivity contribution in [1.29, 1.82) is 0 Å². The second-order valence-corrected chi connectivity index (χ2v) is 4.69. The van der Waals surface area contributed by atoms with E-state index in [-0.39, 0.29) is 5.56 Å². The lowest BCUT2D eigenvalue weighted by molar-refractivity contribution is 0.0697. The second kappa shape index (κ2) is 6.21. The topological polar surface area (TPSA) is 61.7 Å². The maximum absolute atomic E-state index is 10.9. The molecular weight excluding hydrogens is 276 g/mol. The van der Waals surface area contributed by atoms with Crippen LogP contribution in [0.1, 0.15) is 21.5 Å². The standard InChI is InChI=1S/C15H13ClN2O2/c1-10-2-4-11(5-3-10)9-17-18-14-8-12(15(19)20)6-7-13(14)16/h2-9,18H,1H3,(H,19,20)/b17-9-. The number of nitrogens with one attached hydrogen (secondary N) is 1. The third-order valence-corrected chi connectivity index (χ3v) is 3.02. The molecule has 102 valence electrons. The van der Waals surface area contributed by atoms with E-state index in [9.17, 15) is 4.79 Å². The Morgan fingerprint density at radius 1 is 1.25 bits per heavy atom. The number of rotatable bonds is 4. The number of hydrazone groups is 1. The van der Waals surface area contributed by atoms with E-state index < -0.39 is 5.97 Å². The zero-order valence-corrected chi connectivity index (χ0v) is 11.6. The van der Waals surface area contributed by atoms with Gasteiger partial charge in [-0.15, -0.1) is 0 Å². The average molecular weight is 289 g/mol. The summed E-state index contributed by atoms with van der Waals surface area (Å²) in [5.41, 5.74) is 5.47. The van der Waals surface area contributed by atoms with Gasteiger partial charge in [0.25, 0.3) is 0 Å². The Morgan fingerprint density at radius 3 is 2.60 bits per heavy atom. The van der Waals surface area contributed by atoms with Crippen molar-refractivity contribution in [2.75, 3.05) is 5.43 Å². The molecule has 0 saturated heterocycles. The minimum absolute atomic E-state index is 0.155. The van der Waals surface area contributed by atoms with Crippen molar-refractivity contribution in [2.24, 2.45) is 5.10 Å². The van der Waals surface area contributed by atoms with Crippen LogP contribution in [0.4, 0.5) is 5.69 Å². The Bertz CT molecular complexity index is 651. The van der Waals surface area contributed by atoms with E-state index in [0.29, 0.717) is 10.7 Å². The van der Waals surface area contributed by atoms with Gasteiger partial charge < -0.3 is 5.11 Å². The molecule has 0 spiro atoms. The molecule has 4 nitrogen and oxygen atoms in total. The van der Waals surface area contributed by atoms with Crippen molar-refractivity contribution in [3.05, 3.63) is 64.2 Å². The molecule has 0 aliphatic heterocycles. The summed E-state index contributed by atoms with van der Waals surface area (Å²) in [7, 11) is 0. The highest BCUT2D eigenvalue weighted by Crippen LogP contribution is 2.23. The first-order chi connectivity index (χ1) is 9.56. The largest absolute Gasteiger partial charge is 0.478 e. The summed E-state index contributed by atoms with van der Waals surface area (Å²) in [6, 6.07) is 12.3. The van der Waals surface area contributed by atoms with Crippen molar-refractivity contribution < 1.29 is 9.90 Å². The number of carboxylic acids is 1. The molecule has 2 N–H and O–H groups in total. The van der Waals surface area contributed by atoms with Crippen molar-refractivity contribution >= 4 is 29.5 Å². The van der Waals surface area contributed by atoms with Crippen molar-refractivity contribution in [1.82, 2.24) is 0 Å². The lowest BCUT2D eigenvalue weighted by Crippen LogP contribution is -1.98. The van der Waals surface area contributed by atoms with Crippen molar-refractivity contribution in [3.8, 4) is 0 Å². The highest BCUT2D eigenvalue weighted by atomic mass is 35.5. The second-order valence-electron chi connectivity index (χ2n) is 4.28. The van der Waals surface area contributed by atoms with Crippen LogP contribution in [-0.4, -0.2) is 17.3 Å². The molecule has 0 aliphatic rings. The van der Waals surface area contributed by atoms with E-state index >= 15 is 0 Å². The zero-order chi connectivity index (χ0) is 14.5. The first-order valence-corrected chi connectivity index (χ1v) is 6.32. The number of hydrogen-bond acceptors (Lipinski definition) is 3. The molecule has 0 amide bonds. The number of hydrogen-bond donors (Lipinski definition) is 2. The van der Waals surface area contributed by atoms with E-state index in [1.807, 2.05) is 31.2 Å². The Morgan fingerprint density at radius 2 is 1.95 bits per heavy atom. The van der Waals surface area contributed by atoms with E-state index in [1.165, 1.54) is 23.8 Å². The van der Waals surface area contributed by atoms with Gasteiger partial charge in [-0.05, 0) is 30.7 Å². The van der Waals surface area contributed by atoms with Crippen molar-refractivity contribution in [3.63, 3.8) is 0 Å². The highest BCUT2D eigenvalue weighted by molar-refractivity contribution is 6.33. The fraction of sp³-hybridized carbons (Fsp3) is 0.0667. The van der Waals surface area contributed by atoms with Crippen LogP contribution < -0.4 is 5.43 Å². The summed E-state index contributed by atoms with van der Waals surface area (Å²) in [6.07, 6.45) is 1.64. The predicted octanol–water partition coefficient (Wildman–Crippen LogP) is 3.79. The molecule has 5 heteroatoms. The predicted molar refractivity (Wildman–Crippen MR) is 80.8 cm³/mol. The molecule has 0 atom stereocenters. The number of benzene rings is 2. The molecule has 0 fully saturated rings. The minimum Gasteiger partial charge on any atom is -0.478 e. The Kier molecular flexibility index (Phi) is 4.38. The maximum Gasteiger partial charge on any atom is 0.335 e. The van der Waals surface area contributed by atoms with Gasteiger partial charge in [-0.1, -0.05) is 41.4 Å². The number of carboxylic acid groups (broad SMARTS) is 1. The van der Waals surface area contributed by atoms with Crippen LogP contribution in [0.25, 0.3) is 0 Å². The van der Waals surface area contributed by atoms with Gasteiger partial charge in [-0.25, -0.2) is 4.79 Å². The molecule has 0 unspecified atom stereocenters. The van der Waals surface area contributed by atoms with Crippen LogP contribution in [0.2, 0.25) is 5.02 Å². The summed E-state index contributed by atoms with van der Waals surface area (Å²) < 4.78 is 0. The Labute approximate surface area is 121 Å². The molecule has 0 heterocycles. The summed E-state index contributed by atoms with van der Waals surface area (Å²) in [6.45, 7) is 2.01. The number of halogens is 1. The summed E-state index contributed by atoms with van der Waals surface area (Å²) in [5, 5.41) is 13.4.